The lowest BCUT2D eigenvalue weighted by Crippen LogP contribution is -2.59. The Balaban J connectivity index is 2.84. The van der Waals surface area contributed by atoms with E-state index in [1.54, 1.807) is 24.3 Å². The maximum Gasteiger partial charge on any atom is 0.341 e. The number of carboxylic acids is 1. The van der Waals surface area contributed by atoms with E-state index in [0.29, 0.717) is 10.8 Å². The number of sulfone groups is 1. The van der Waals surface area contributed by atoms with Crippen LogP contribution in [0, 0.1) is 0 Å². The van der Waals surface area contributed by atoms with Gasteiger partial charge >= 0.3 is 5.97 Å². The lowest BCUT2D eigenvalue weighted by molar-refractivity contribution is -0.139. The van der Waals surface area contributed by atoms with Gasteiger partial charge in [-0.05, 0) is 12.1 Å². The van der Waals surface area contributed by atoms with Crippen LogP contribution in [0.25, 0.3) is 10.8 Å². The summed E-state index contributed by atoms with van der Waals surface area (Å²) in [6.07, 6.45) is 0. The number of anilines is 1. The number of hydrogen-bond acceptors (Lipinski definition) is 6. The molecule has 2 aromatic carbocycles. The molecule has 1 unspecified atom stereocenters. The van der Waals surface area contributed by atoms with Gasteiger partial charge in [-0.3, -0.25) is 0 Å². The maximum absolute atomic E-state index is 12.8. The van der Waals surface area contributed by atoms with Crippen molar-refractivity contribution in [3.8, 4) is 0 Å². The number of fused-ring (bicyclic) bond motifs is 1. The molecule has 0 fully saturated rings. The molecular weight excluding hydrogens is 318 g/mol. The van der Waals surface area contributed by atoms with Gasteiger partial charge < -0.3 is 21.5 Å². The molecule has 1 atom stereocenters. The van der Waals surface area contributed by atoms with Gasteiger partial charge in [-0.1, -0.05) is 24.3 Å². The van der Waals surface area contributed by atoms with Crippen molar-refractivity contribution < 1.29 is 18.3 Å². The third kappa shape index (κ3) is 2.54. The molecule has 124 valence electrons. The highest BCUT2D eigenvalue weighted by molar-refractivity contribution is 7.93. The van der Waals surface area contributed by atoms with Crippen LogP contribution in [0.15, 0.2) is 41.3 Å². The largest absolute Gasteiger partial charge is 0.479 e. The summed E-state index contributed by atoms with van der Waals surface area (Å²) in [6, 6.07) is 9.84. The van der Waals surface area contributed by atoms with Gasteiger partial charge in [-0.25, -0.2) is 13.2 Å². The van der Waals surface area contributed by atoms with E-state index < -0.39 is 27.2 Å². The molecule has 2 rings (SSSR count). The van der Waals surface area contributed by atoms with E-state index in [0.717, 1.165) is 5.69 Å². The van der Waals surface area contributed by atoms with Crippen molar-refractivity contribution >= 4 is 32.3 Å². The van der Waals surface area contributed by atoms with E-state index in [1.165, 1.54) is 6.07 Å². The lowest BCUT2D eigenvalue weighted by Gasteiger charge is -2.24. The summed E-state index contributed by atoms with van der Waals surface area (Å²) in [5.41, 5.74) is 11.8. The summed E-state index contributed by atoms with van der Waals surface area (Å²) in [4.78, 5) is 10.5. The fourth-order valence-electron chi connectivity index (χ4n) is 2.40. The van der Waals surface area contributed by atoms with Gasteiger partial charge in [0.15, 0.2) is 0 Å². The number of nitrogens with zero attached hydrogens (tertiary/aromatic N) is 1. The number of nitrogens with two attached hydrogens (primary N) is 2. The number of benzene rings is 2. The van der Waals surface area contributed by atoms with Crippen LogP contribution in [-0.2, 0) is 14.6 Å². The zero-order valence-electron chi connectivity index (χ0n) is 12.9. The number of carboxylic acid groups (broad SMARTS) is 1. The number of rotatable bonds is 5. The number of hydrogen-bond donors (Lipinski definition) is 3. The molecule has 0 aliphatic carbocycles. The van der Waals surface area contributed by atoms with Crippen LogP contribution >= 0.6 is 0 Å². The van der Waals surface area contributed by atoms with Crippen LogP contribution in [-0.4, -0.2) is 45.0 Å². The van der Waals surface area contributed by atoms with Gasteiger partial charge in [0.1, 0.15) is 0 Å². The zero-order chi connectivity index (χ0) is 17.4. The highest BCUT2D eigenvalue weighted by Crippen LogP contribution is 2.33. The Morgan fingerprint density at radius 2 is 1.74 bits per heavy atom. The predicted octanol–water partition coefficient (Wildman–Crippen LogP) is 0.378. The van der Waals surface area contributed by atoms with Gasteiger partial charge in [-0.15, -0.1) is 0 Å². The first-order chi connectivity index (χ1) is 10.7. The summed E-state index contributed by atoms with van der Waals surface area (Å²) in [5, 5.41) is 10.3. The quantitative estimate of drug-likeness (QED) is 0.719. The summed E-state index contributed by atoms with van der Waals surface area (Å²) in [7, 11) is -0.717. The van der Waals surface area contributed by atoms with E-state index in [9.17, 15) is 18.3 Å². The molecule has 0 radical (unpaired) electrons. The average Bonchev–Trinajstić information content (AvgIpc) is 2.52. The second-order valence-corrected chi connectivity index (χ2v) is 7.60. The Morgan fingerprint density at radius 3 is 2.26 bits per heavy atom. The first-order valence-corrected chi connectivity index (χ1v) is 8.31. The first kappa shape index (κ1) is 17.2. The standard InChI is InChI=1S/C15H19N3O4S/c1-18(2)12-7-3-6-11-10(12)5-4-8-13(11)23(21,22)15(17,9-16)14(19)20/h3-8H,9,16-17H2,1-2H3,(H,19,20). The highest BCUT2D eigenvalue weighted by Gasteiger charge is 2.48. The van der Waals surface area contributed by atoms with Gasteiger partial charge in [0.25, 0.3) is 0 Å². The zero-order valence-corrected chi connectivity index (χ0v) is 13.7. The van der Waals surface area contributed by atoms with E-state index in [-0.39, 0.29) is 4.90 Å². The van der Waals surface area contributed by atoms with E-state index in [4.69, 9.17) is 11.5 Å². The van der Waals surface area contributed by atoms with Crippen LogP contribution < -0.4 is 16.4 Å². The lowest BCUT2D eigenvalue weighted by atomic mass is 10.1. The summed E-state index contributed by atoms with van der Waals surface area (Å²) in [6.45, 7) is -0.728. The number of carbonyl (C=O) groups is 1. The molecular formula is C15H19N3O4S. The van der Waals surface area contributed by atoms with Crippen molar-refractivity contribution in [1.29, 1.82) is 0 Å². The van der Waals surface area contributed by atoms with Crippen LogP contribution in [0.1, 0.15) is 0 Å². The smallest absolute Gasteiger partial charge is 0.341 e. The van der Waals surface area contributed by atoms with Crippen molar-refractivity contribution in [2.24, 2.45) is 11.5 Å². The summed E-state index contributed by atoms with van der Waals surface area (Å²) < 4.78 is 25.6. The third-order valence-corrected chi connectivity index (χ3v) is 6.01. The molecule has 0 aliphatic rings. The van der Waals surface area contributed by atoms with Gasteiger partial charge in [0, 0.05) is 37.1 Å². The molecule has 0 aliphatic heterocycles. The fourth-order valence-corrected chi connectivity index (χ4v) is 3.96. The first-order valence-electron chi connectivity index (χ1n) is 6.83. The van der Waals surface area contributed by atoms with E-state index >= 15 is 0 Å². The van der Waals surface area contributed by atoms with Crippen molar-refractivity contribution in [2.45, 2.75) is 9.77 Å². The molecule has 0 aromatic heterocycles. The van der Waals surface area contributed by atoms with Crippen molar-refractivity contribution in [3.05, 3.63) is 36.4 Å². The van der Waals surface area contributed by atoms with Gasteiger partial charge in [-0.2, -0.15) is 0 Å². The SMILES string of the molecule is CN(C)c1cccc2c(S(=O)(=O)C(N)(CN)C(=O)O)cccc12. The topological polar surface area (TPSA) is 127 Å². The molecule has 8 heteroatoms. The molecule has 5 N–H and O–H groups in total. The fraction of sp³-hybridized carbons (Fsp3) is 0.267. The average molecular weight is 337 g/mol. The van der Waals surface area contributed by atoms with Crippen LogP contribution in [0.5, 0.6) is 0 Å². The van der Waals surface area contributed by atoms with Crippen LogP contribution in [0.4, 0.5) is 5.69 Å². The molecule has 0 spiro atoms. The normalized spacial score (nSPS) is 14.4. The maximum atomic E-state index is 12.8. The molecule has 7 nitrogen and oxygen atoms in total. The molecule has 0 heterocycles. The molecule has 0 saturated heterocycles. The molecule has 0 saturated carbocycles. The minimum absolute atomic E-state index is 0.144. The predicted molar refractivity (Wildman–Crippen MR) is 89.1 cm³/mol. The third-order valence-electron chi connectivity index (χ3n) is 3.78. The molecule has 2 aromatic rings. The van der Waals surface area contributed by atoms with Crippen LogP contribution in [0.3, 0.4) is 0 Å². The van der Waals surface area contributed by atoms with Crippen molar-refractivity contribution in [2.75, 3.05) is 25.5 Å². The Hall–Kier alpha value is -2.16. The van der Waals surface area contributed by atoms with Crippen molar-refractivity contribution in [1.82, 2.24) is 0 Å². The van der Waals surface area contributed by atoms with E-state index in [1.807, 2.05) is 25.1 Å². The molecule has 0 bridgehead atoms. The molecule has 0 amide bonds. The monoisotopic (exact) mass is 337 g/mol. The Kier molecular flexibility index (Phi) is 4.34. The minimum atomic E-state index is -4.38. The van der Waals surface area contributed by atoms with Gasteiger partial charge in [0.05, 0.1) is 4.90 Å². The minimum Gasteiger partial charge on any atom is -0.479 e. The number of aliphatic carboxylic acids is 1. The summed E-state index contributed by atoms with van der Waals surface area (Å²) >= 11 is 0. The highest BCUT2D eigenvalue weighted by atomic mass is 32.2. The Bertz CT molecular complexity index is 864. The Labute approximate surface area is 134 Å². The molecule has 23 heavy (non-hydrogen) atoms. The van der Waals surface area contributed by atoms with Gasteiger partial charge in [0.2, 0.25) is 14.7 Å². The second-order valence-electron chi connectivity index (χ2n) is 5.43. The Morgan fingerprint density at radius 1 is 1.17 bits per heavy atom. The van der Waals surface area contributed by atoms with Crippen LogP contribution in [0.2, 0.25) is 0 Å². The summed E-state index contributed by atoms with van der Waals surface area (Å²) in [5.74, 6) is -1.68. The second kappa shape index (κ2) is 5.80. The van der Waals surface area contributed by atoms with E-state index in [2.05, 4.69) is 0 Å². The van der Waals surface area contributed by atoms with Crippen molar-refractivity contribution in [3.63, 3.8) is 0 Å².